The molecular weight excluding hydrogens is 937 g/mol. The highest BCUT2D eigenvalue weighted by molar-refractivity contribution is 5.71. The first-order chi connectivity index (χ1) is 37.5. The zero-order valence-corrected chi connectivity index (χ0v) is 50.0. The average Bonchev–Trinajstić information content (AvgIpc) is 3.42. The van der Waals surface area contributed by atoms with E-state index < -0.39 is 6.10 Å². The van der Waals surface area contributed by atoms with Crippen molar-refractivity contribution in [1.29, 1.82) is 0 Å². The van der Waals surface area contributed by atoms with E-state index in [2.05, 4.69) is 118 Å². The van der Waals surface area contributed by atoms with Crippen LogP contribution in [0.4, 0.5) is 0 Å². The summed E-state index contributed by atoms with van der Waals surface area (Å²) in [7, 11) is 0. The van der Waals surface area contributed by atoms with E-state index in [4.69, 9.17) is 14.2 Å². The summed E-state index contributed by atoms with van der Waals surface area (Å²) in [4.78, 5) is 38.2. The van der Waals surface area contributed by atoms with Gasteiger partial charge in [-0.2, -0.15) is 0 Å². The van der Waals surface area contributed by atoms with E-state index >= 15 is 0 Å². The first kappa shape index (κ1) is 72.3. The quantitative estimate of drug-likeness (QED) is 0.0261. The number of esters is 3. The number of carbonyl (C=O) groups excluding carboxylic acids is 3. The van der Waals surface area contributed by atoms with Gasteiger partial charge in [-0.05, 0) is 103 Å². The van der Waals surface area contributed by atoms with Crippen LogP contribution in [0.25, 0.3) is 0 Å². The Hall–Kier alpha value is -3.67. The number of rotatable bonds is 58. The van der Waals surface area contributed by atoms with Crippen LogP contribution in [-0.2, 0) is 28.6 Å². The highest BCUT2D eigenvalue weighted by atomic mass is 16.6. The molecule has 436 valence electrons. The summed E-state index contributed by atoms with van der Waals surface area (Å²) in [6.07, 6.45) is 85.6. The molecule has 6 heteroatoms. The molecule has 1 unspecified atom stereocenters. The Balaban J connectivity index is 4.24. The lowest BCUT2D eigenvalue weighted by Crippen LogP contribution is -2.30. The zero-order valence-electron chi connectivity index (χ0n) is 50.0. The monoisotopic (exact) mass is 1060 g/mol. The van der Waals surface area contributed by atoms with E-state index in [-0.39, 0.29) is 31.1 Å². The van der Waals surface area contributed by atoms with Crippen LogP contribution in [0.1, 0.15) is 310 Å². The molecule has 0 aliphatic heterocycles. The third kappa shape index (κ3) is 61.2. The minimum Gasteiger partial charge on any atom is -0.462 e. The van der Waals surface area contributed by atoms with Crippen LogP contribution in [-0.4, -0.2) is 37.2 Å². The number of hydrogen-bond donors (Lipinski definition) is 0. The molecule has 0 saturated carbocycles. The fraction of sp³-hybridized carbons (Fsp3) is 0.729. The van der Waals surface area contributed by atoms with E-state index in [0.717, 1.165) is 116 Å². The van der Waals surface area contributed by atoms with E-state index in [0.29, 0.717) is 19.3 Å². The fourth-order valence-electron chi connectivity index (χ4n) is 9.01. The first-order valence-corrected chi connectivity index (χ1v) is 32.2. The summed E-state index contributed by atoms with van der Waals surface area (Å²) in [5.74, 6) is -0.883. The molecule has 0 radical (unpaired) electrons. The maximum Gasteiger partial charge on any atom is 0.306 e. The summed E-state index contributed by atoms with van der Waals surface area (Å²) in [5, 5.41) is 0. The minimum absolute atomic E-state index is 0.0802. The highest BCUT2D eigenvalue weighted by Gasteiger charge is 2.19. The van der Waals surface area contributed by atoms with Crippen molar-refractivity contribution in [3.63, 3.8) is 0 Å². The van der Waals surface area contributed by atoms with Gasteiger partial charge in [-0.25, -0.2) is 0 Å². The van der Waals surface area contributed by atoms with Gasteiger partial charge in [0, 0.05) is 19.3 Å². The number of carbonyl (C=O) groups is 3. The van der Waals surface area contributed by atoms with Crippen molar-refractivity contribution in [2.45, 2.75) is 316 Å². The Morgan fingerprint density at radius 2 is 0.513 bits per heavy atom. The smallest absolute Gasteiger partial charge is 0.306 e. The van der Waals surface area contributed by atoms with Crippen molar-refractivity contribution < 1.29 is 28.6 Å². The molecule has 0 fully saturated rings. The largest absolute Gasteiger partial charge is 0.462 e. The molecule has 0 aromatic heterocycles. The standard InChI is InChI=1S/C70H120O6/c1-4-7-10-13-16-19-22-25-27-28-29-30-31-32-33-34-35-36-37-38-39-40-41-42-43-46-48-51-54-57-60-63-69(72)75-66-67(65-74-68(71)62-59-56-53-50-47-44-24-21-18-15-12-9-6-3)76-70(73)64-61-58-55-52-49-45-26-23-20-17-14-11-8-5-2/h7,10,16,19,21,24-25,27,29-30,32-33,35-36,38-39,67H,4-6,8-9,11-15,17-18,20,22-23,26,28,31,34,37,40-66H2,1-3H3/b10-7-,19-16-,24-21-,27-25-,30-29-,33-32-,36-35-,39-38-. The Labute approximate surface area is 470 Å². The number of unbranched alkanes of at least 4 members (excludes halogenated alkanes) is 31. The summed E-state index contributed by atoms with van der Waals surface area (Å²) >= 11 is 0. The van der Waals surface area contributed by atoms with E-state index in [1.807, 2.05) is 0 Å². The topological polar surface area (TPSA) is 78.9 Å². The Morgan fingerprint density at radius 3 is 0.829 bits per heavy atom. The Bertz CT molecular complexity index is 1490. The molecule has 0 aliphatic carbocycles. The number of ether oxygens (including phenoxy) is 3. The molecule has 0 aromatic carbocycles. The summed E-state index contributed by atoms with van der Waals surface area (Å²) in [6.45, 7) is 6.52. The van der Waals surface area contributed by atoms with Gasteiger partial charge in [0.1, 0.15) is 13.2 Å². The lowest BCUT2D eigenvalue weighted by molar-refractivity contribution is -0.167. The van der Waals surface area contributed by atoms with Crippen LogP contribution in [0.15, 0.2) is 97.2 Å². The summed E-state index contributed by atoms with van der Waals surface area (Å²) in [6, 6.07) is 0. The van der Waals surface area contributed by atoms with Crippen molar-refractivity contribution in [3.8, 4) is 0 Å². The van der Waals surface area contributed by atoms with E-state index in [1.165, 1.54) is 154 Å². The van der Waals surface area contributed by atoms with Crippen LogP contribution in [0.3, 0.4) is 0 Å². The van der Waals surface area contributed by atoms with Crippen LogP contribution < -0.4 is 0 Å². The molecule has 0 aliphatic rings. The molecule has 6 nitrogen and oxygen atoms in total. The SMILES string of the molecule is CC/C=C\C/C=C\C/C=C\C/C=C\C/C=C\C/C=C\C/C=C\CCCCCCCCCCCC(=O)OCC(COC(=O)CCCCCCC/C=C\CCCCCC)OC(=O)CCCCCCCCCCCCCCCC. The van der Waals surface area contributed by atoms with Gasteiger partial charge in [-0.1, -0.05) is 285 Å². The molecule has 1 atom stereocenters. The van der Waals surface area contributed by atoms with Crippen molar-refractivity contribution >= 4 is 17.9 Å². The summed E-state index contributed by atoms with van der Waals surface area (Å²) in [5.41, 5.74) is 0. The molecule has 0 bridgehead atoms. The molecule has 0 rings (SSSR count). The second-order valence-electron chi connectivity index (χ2n) is 21.3. The maximum absolute atomic E-state index is 12.9. The molecule has 0 spiro atoms. The molecular formula is C70H120O6. The highest BCUT2D eigenvalue weighted by Crippen LogP contribution is 2.16. The predicted molar refractivity (Wildman–Crippen MR) is 330 cm³/mol. The molecule has 0 heterocycles. The van der Waals surface area contributed by atoms with Gasteiger partial charge in [0.25, 0.3) is 0 Å². The molecule has 76 heavy (non-hydrogen) atoms. The van der Waals surface area contributed by atoms with Crippen molar-refractivity contribution in [2.75, 3.05) is 13.2 Å². The van der Waals surface area contributed by atoms with E-state index in [1.54, 1.807) is 0 Å². The number of hydrogen-bond acceptors (Lipinski definition) is 6. The molecule has 0 amide bonds. The van der Waals surface area contributed by atoms with Gasteiger partial charge in [-0.15, -0.1) is 0 Å². The third-order valence-corrected chi connectivity index (χ3v) is 13.8. The second kappa shape index (κ2) is 63.9. The maximum atomic E-state index is 12.9. The Morgan fingerprint density at radius 1 is 0.276 bits per heavy atom. The van der Waals surface area contributed by atoms with Gasteiger partial charge in [0.2, 0.25) is 0 Å². The first-order valence-electron chi connectivity index (χ1n) is 32.2. The molecule has 0 saturated heterocycles. The molecule has 0 N–H and O–H groups in total. The van der Waals surface area contributed by atoms with Crippen molar-refractivity contribution in [3.05, 3.63) is 97.2 Å². The fourth-order valence-corrected chi connectivity index (χ4v) is 9.01. The van der Waals surface area contributed by atoms with Gasteiger partial charge in [0.15, 0.2) is 6.10 Å². The predicted octanol–water partition coefficient (Wildman–Crippen LogP) is 22.0. The average molecular weight is 1060 g/mol. The lowest BCUT2D eigenvalue weighted by atomic mass is 10.0. The van der Waals surface area contributed by atoms with Crippen LogP contribution in [0.5, 0.6) is 0 Å². The normalized spacial score (nSPS) is 12.7. The van der Waals surface area contributed by atoms with Crippen LogP contribution >= 0.6 is 0 Å². The van der Waals surface area contributed by atoms with Crippen LogP contribution in [0, 0.1) is 0 Å². The van der Waals surface area contributed by atoms with Gasteiger partial charge in [-0.3, -0.25) is 14.4 Å². The summed E-state index contributed by atoms with van der Waals surface area (Å²) < 4.78 is 16.9. The molecule has 0 aromatic rings. The Kier molecular flexibility index (Phi) is 60.8. The second-order valence-corrected chi connectivity index (χ2v) is 21.3. The van der Waals surface area contributed by atoms with Crippen molar-refractivity contribution in [2.24, 2.45) is 0 Å². The zero-order chi connectivity index (χ0) is 55.0. The van der Waals surface area contributed by atoms with Crippen molar-refractivity contribution in [1.82, 2.24) is 0 Å². The third-order valence-electron chi connectivity index (χ3n) is 13.8. The van der Waals surface area contributed by atoms with Gasteiger partial charge in [0.05, 0.1) is 0 Å². The minimum atomic E-state index is -0.781. The van der Waals surface area contributed by atoms with Gasteiger partial charge < -0.3 is 14.2 Å². The van der Waals surface area contributed by atoms with Gasteiger partial charge >= 0.3 is 17.9 Å². The number of allylic oxidation sites excluding steroid dienone is 16. The van der Waals surface area contributed by atoms with E-state index in [9.17, 15) is 14.4 Å². The van der Waals surface area contributed by atoms with Crippen LogP contribution in [0.2, 0.25) is 0 Å². The lowest BCUT2D eigenvalue weighted by Gasteiger charge is -2.18.